The van der Waals surface area contributed by atoms with Crippen LogP contribution in [-0.2, 0) is 4.79 Å². The largest absolute Gasteiger partial charge is 0.546 e. The highest BCUT2D eigenvalue weighted by Crippen LogP contribution is 2.14. The molecule has 2 aromatic carbocycles. The summed E-state index contributed by atoms with van der Waals surface area (Å²) in [5, 5.41) is 17.7. The van der Waals surface area contributed by atoms with E-state index in [1.165, 1.54) is 12.1 Å². The van der Waals surface area contributed by atoms with E-state index in [0.29, 0.717) is 17.1 Å². The molecule has 0 saturated heterocycles. The number of carbonyl (C=O) groups excluding carboxylic acids is 1. The number of halogens is 1. The first-order valence-electron chi connectivity index (χ1n) is 7.24. The summed E-state index contributed by atoms with van der Waals surface area (Å²) in [6, 6.07) is 12.5. The first-order valence-corrected chi connectivity index (χ1v) is 7.65. The second-order valence-electron chi connectivity index (χ2n) is 4.96. The number of carbonyl (C=O) groups is 1. The first kappa shape index (κ1) is 18.3. The summed E-state index contributed by atoms with van der Waals surface area (Å²) in [6.07, 6.45) is 0. The molecule has 0 fully saturated rings. The van der Waals surface area contributed by atoms with E-state index in [9.17, 15) is 14.3 Å². The monoisotopic (exact) mass is 360 g/mol. The van der Waals surface area contributed by atoms with Gasteiger partial charge in [0.2, 0.25) is 0 Å². The normalized spacial score (nSPS) is 10.9. The second-order valence-corrected chi connectivity index (χ2v) is 5.37. The average molecular weight is 360 g/mol. The van der Waals surface area contributed by atoms with Gasteiger partial charge in [-0.25, -0.2) is 4.39 Å². The van der Waals surface area contributed by atoms with Gasteiger partial charge in [-0.05, 0) is 55.5 Å². The number of carboxylic acid groups (broad SMARTS) is 1. The minimum absolute atomic E-state index is 0.246. The van der Waals surface area contributed by atoms with Crippen LogP contribution in [0.3, 0.4) is 0 Å². The second kappa shape index (κ2) is 8.74. The number of carboxylic acids is 1. The molecule has 0 aromatic heterocycles. The molecule has 0 bridgehead atoms. The summed E-state index contributed by atoms with van der Waals surface area (Å²) >= 11 is 5.11. The molecule has 0 unspecified atom stereocenters. The summed E-state index contributed by atoms with van der Waals surface area (Å²) in [6.45, 7) is 1.23. The standard InChI is InChI=1S/C17H16FN3O3S/c1-11(12-3-2-4-15(9-12)24-10-16(22)23)20-21-17(25)19-14-7-5-13(18)6-8-14/h2-9H,10H2,1H3,(H,22,23)(H2,19,21,25)/p-1/b20-11-. The van der Waals surface area contributed by atoms with E-state index in [0.717, 1.165) is 5.56 Å². The topological polar surface area (TPSA) is 85.8 Å². The van der Waals surface area contributed by atoms with Crippen molar-refractivity contribution in [3.8, 4) is 5.75 Å². The Balaban J connectivity index is 1.96. The molecule has 25 heavy (non-hydrogen) atoms. The van der Waals surface area contributed by atoms with Crippen molar-refractivity contribution in [3.63, 3.8) is 0 Å². The lowest BCUT2D eigenvalue weighted by molar-refractivity contribution is -0.307. The number of hydrazone groups is 1. The molecule has 6 nitrogen and oxygen atoms in total. The Kier molecular flexibility index (Phi) is 6.41. The van der Waals surface area contributed by atoms with E-state index in [2.05, 4.69) is 15.8 Å². The summed E-state index contributed by atoms with van der Waals surface area (Å²) in [7, 11) is 0. The number of nitrogens with one attached hydrogen (secondary N) is 2. The minimum Gasteiger partial charge on any atom is -0.546 e. The van der Waals surface area contributed by atoms with Crippen molar-refractivity contribution in [2.45, 2.75) is 6.92 Å². The van der Waals surface area contributed by atoms with Crippen LogP contribution in [0.15, 0.2) is 53.6 Å². The zero-order valence-electron chi connectivity index (χ0n) is 13.3. The zero-order valence-corrected chi connectivity index (χ0v) is 14.1. The van der Waals surface area contributed by atoms with Crippen molar-refractivity contribution in [1.29, 1.82) is 0 Å². The zero-order chi connectivity index (χ0) is 18.2. The summed E-state index contributed by atoms with van der Waals surface area (Å²) in [5.41, 5.74) is 4.66. The number of hydrogen-bond donors (Lipinski definition) is 2. The predicted octanol–water partition coefficient (Wildman–Crippen LogP) is 1.66. The van der Waals surface area contributed by atoms with Gasteiger partial charge in [0.1, 0.15) is 18.2 Å². The Morgan fingerprint density at radius 3 is 2.68 bits per heavy atom. The Hall–Kier alpha value is -3.00. The van der Waals surface area contributed by atoms with Crippen molar-refractivity contribution >= 4 is 34.7 Å². The third-order valence-corrected chi connectivity index (χ3v) is 3.23. The van der Waals surface area contributed by atoms with Crippen LogP contribution in [-0.4, -0.2) is 23.4 Å². The predicted molar refractivity (Wildman–Crippen MR) is 94.9 cm³/mol. The number of rotatable bonds is 6. The maximum Gasteiger partial charge on any atom is 0.191 e. The van der Waals surface area contributed by atoms with Crippen LogP contribution in [0.4, 0.5) is 10.1 Å². The summed E-state index contributed by atoms with van der Waals surface area (Å²) in [4.78, 5) is 10.4. The van der Waals surface area contributed by atoms with Gasteiger partial charge in [-0.15, -0.1) is 0 Å². The van der Waals surface area contributed by atoms with Crippen molar-refractivity contribution in [2.24, 2.45) is 5.10 Å². The third kappa shape index (κ3) is 6.19. The molecule has 0 aliphatic rings. The Morgan fingerprint density at radius 2 is 2.00 bits per heavy atom. The van der Waals surface area contributed by atoms with Crippen LogP contribution in [0.5, 0.6) is 5.75 Å². The molecule has 130 valence electrons. The van der Waals surface area contributed by atoms with Gasteiger partial charge in [0.25, 0.3) is 0 Å². The number of hydrogen-bond acceptors (Lipinski definition) is 5. The minimum atomic E-state index is -1.30. The number of ether oxygens (including phenoxy) is 1. The third-order valence-electron chi connectivity index (χ3n) is 3.04. The number of nitrogens with zero attached hydrogens (tertiary/aromatic N) is 1. The molecular weight excluding hydrogens is 345 g/mol. The van der Waals surface area contributed by atoms with Crippen molar-refractivity contribution in [1.82, 2.24) is 5.43 Å². The van der Waals surface area contributed by atoms with Gasteiger partial charge in [0.15, 0.2) is 5.11 Å². The number of benzene rings is 2. The lowest BCUT2D eigenvalue weighted by atomic mass is 10.1. The molecule has 0 saturated carbocycles. The van der Waals surface area contributed by atoms with E-state index < -0.39 is 12.6 Å². The lowest BCUT2D eigenvalue weighted by Gasteiger charge is -2.10. The number of thiocarbonyl (C=S) groups is 1. The van der Waals surface area contributed by atoms with E-state index in [4.69, 9.17) is 17.0 Å². The molecule has 0 radical (unpaired) electrons. The molecule has 0 spiro atoms. The van der Waals surface area contributed by atoms with Gasteiger partial charge in [-0.3, -0.25) is 5.43 Å². The van der Waals surface area contributed by atoms with Gasteiger partial charge in [-0.2, -0.15) is 5.10 Å². The molecule has 2 N–H and O–H groups in total. The number of anilines is 1. The van der Waals surface area contributed by atoms with Crippen LogP contribution in [0.1, 0.15) is 12.5 Å². The average Bonchev–Trinajstić information content (AvgIpc) is 2.60. The smallest absolute Gasteiger partial charge is 0.191 e. The van der Waals surface area contributed by atoms with Crippen LogP contribution < -0.4 is 20.6 Å². The van der Waals surface area contributed by atoms with Gasteiger partial charge >= 0.3 is 0 Å². The van der Waals surface area contributed by atoms with Crippen LogP contribution in [0, 0.1) is 5.82 Å². The maximum atomic E-state index is 12.9. The Labute approximate surface area is 149 Å². The molecule has 2 rings (SSSR count). The van der Waals surface area contributed by atoms with Crippen molar-refractivity contribution in [3.05, 3.63) is 59.9 Å². The fraction of sp³-hybridized carbons (Fsp3) is 0.118. The van der Waals surface area contributed by atoms with Gasteiger partial charge in [-0.1, -0.05) is 12.1 Å². The SMILES string of the molecule is C/C(=N/NC(=S)Nc1ccc(F)cc1)c1cccc(OCC(=O)[O-])c1. The maximum absolute atomic E-state index is 12.9. The van der Waals surface area contributed by atoms with Crippen molar-refractivity contribution in [2.75, 3.05) is 11.9 Å². The van der Waals surface area contributed by atoms with E-state index in [1.807, 2.05) is 0 Å². The molecular formula is C17H15FN3O3S-. The lowest BCUT2D eigenvalue weighted by Crippen LogP contribution is -2.29. The summed E-state index contributed by atoms with van der Waals surface area (Å²) in [5.74, 6) is -1.24. The van der Waals surface area contributed by atoms with E-state index in [1.54, 1.807) is 43.3 Å². The molecule has 0 atom stereocenters. The summed E-state index contributed by atoms with van der Waals surface area (Å²) < 4.78 is 17.9. The Morgan fingerprint density at radius 1 is 1.28 bits per heavy atom. The molecule has 0 aliphatic carbocycles. The highest BCUT2D eigenvalue weighted by molar-refractivity contribution is 7.80. The van der Waals surface area contributed by atoms with E-state index >= 15 is 0 Å². The molecule has 0 aliphatic heterocycles. The molecule has 0 amide bonds. The van der Waals surface area contributed by atoms with Gasteiger partial charge in [0, 0.05) is 11.3 Å². The first-order chi connectivity index (χ1) is 11.9. The van der Waals surface area contributed by atoms with Crippen LogP contribution in [0.25, 0.3) is 0 Å². The van der Waals surface area contributed by atoms with Gasteiger partial charge in [0.05, 0.1) is 11.7 Å². The number of aliphatic carboxylic acids is 1. The van der Waals surface area contributed by atoms with Crippen LogP contribution in [0.2, 0.25) is 0 Å². The molecule has 0 heterocycles. The van der Waals surface area contributed by atoms with Crippen molar-refractivity contribution < 1.29 is 19.0 Å². The highest BCUT2D eigenvalue weighted by Gasteiger charge is 2.02. The van der Waals surface area contributed by atoms with Gasteiger partial charge < -0.3 is 20.0 Å². The fourth-order valence-corrected chi connectivity index (χ4v) is 2.01. The fourth-order valence-electron chi connectivity index (χ4n) is 1.84. The quantitative estimate of drug-likeness (QED) is 0.463. The Bertz CT molecular complexity index is 794. The van der Waals surface area contributed by atoms with E-state index in [-0.39, 0.29) is 10.9 Å². The highest BCUT2D eigenvalue weighted by atomic mass is 32.1. The van der Waals surface area contributed by atoms with Crippen LogP contribution >= 0.6 is 12.2 Å². The molecule has 8 heteroatoms. The molecule has 2 aromatic rings.